The van der Waals surface area contributed by atoms with Crippen molar-refractivity contribution in [2.75, 3.05) is 0 Å². The van der Waals surface area contributed by atoms with Gasteiger partial charge in [-0.3, -0.25) is 14.3 Å². The molecule has 18 heavy (non-hydrogen) atoms. The Morgan fingerprint density at radius 1 is 1.22 bits per heavy atom. The number of benzene rings is 1. The normalized spacial score (nSPS) is 10.7. The Bertz CT molecular complexity index is 768. The van der Waals surface area contributed by atoms with Gasteiger partial charge in [0.05, 0.1) is 22.8 Å². The molecule has 5 heteroatoms. The lowest BCUT2D eigenvalue weighted by atomic mass is 10.2. The van der Waals surface area contributed by atoms with Crippen molar-refractivity contribution in [2.45, 2.75) is 0 Å². The van der Waals surface area contributed by atoms with Gasteiger partial charge in [-0.15, -0.1) is 0 Å². The van der Waals surface area contributed by atoms with Gasteiger partial charge < -0.3 is 0 Å². The molecule has 0 N–H and O–H groups in total. The third kappa shape index (κ3) is 1.66. The molecule has 0 amide bonds. The highest BCUT2D eigenvalue weighted by Crippen LogP contribution is 2.10. The van der Waals surface area contributed by atoms with Crippen molar-refractivity contribution in [1.82, 2.24) is 14.5 Å². The van der Waals surface area contributed by atoms with Gasteiger partial charge in [0, 0.05) is 6.20 Å². The molecule has 0 saturated carbocycles. The minimum Gasteiger partial charge on any atom is -0.268 e. The summed E-state index contributed by atoms with van der Waals surface area (Å²) in [5, 5.41) is 0.251. The Morgan fingerprint density at radius 2 is 2.11 bits per heavy atom. The minimum absolute atomic E-state index is 0.251. The molecule has 4 nitrogen and oxygen atoms in total. The molecule has 88 valence electrons. The van der Waals surface area contributed by atoms with Gasteiger partial charge in [0.25, 0.3) is 5.56 Å². The van der Waals surface area contributed by atoms with Crippen LogP contribution in [0.15, 0.2) is 53.8 Å². The third-order valence-corrected chi connectivity index (χ3v) is 2.64. The molecule has 3 aromatic rings. The van der Waals surface area contributed by atoms with Crippen LogP contribution < -0.4 is 5.56 Å². The van der Waals surface area contributed by atoms with Gasteiger partial charge in [-0.1, -0.05) is 0 Å². The van der Waals surface area contributed by atoms with Gasteiger partial charge in [-0.25, -0.2) is 9.37 Å². The standard InChI is InChI=1S/C13H8FN3O/c14-9-3-4-12-11(6-9)13(18)17(8-16-12)10-2-1-5-15-7-10/h1-8H. The van der Waals surface area contributed by atoms with E-state index in [1.165, 1.54) is 29.1 Å². The lowest BCUT2D eigenvalue weighted by Gasteiger charge is -2.05. The van der Waals surface area contributed by atoms with E-state index in [1.54, 1.807) is 24.5 Å². The van der Waals surface area contributed by atoms with Crippen molar-refractivity contribution in [2.24, 2.45) is 0 Å². The van der Waals surface area contributed by atoms with E-state index in [1.807, 2.05) is 0 Å². The van der Waals surface area contributed by atoms with E-state index in [0.29, 0.717) is 11.2 Å². The summed E-state index contributed by atoms with van der Waals surface area (Å²) in [7, 11) is 0. The highest BCUT2D eigenvalue weighted by molar-refractivity contribution is 5.77. The molecule has 0 bridgehead atoms. The van der Waals surface area contributed by atoms with Crippen LogP contribution in [0.25, 0.3) is 16.6 Å². The number of fused-ring (bicyclic) bond motifs is 1. The molecule has 1 aromatic carbocycles. The summed E-state index contributed by atoms with van der Waals surface area (Å²) in [5.41, 5.74) is 0.759. The molecule has 0 aliphatic heterocycles. The fourth-order valence-corrected chi connectivity index (χ4v) is 1.77. The molecule has 0 atom stereocenters. The molecular weight excluding hydrogens is 233 g/mol. The molecule has 3 rings (SSSR count). The number of halogens is 1. The Labute approximate surface area is 101 Å². The van der Waals surface area contributed by atoms with Crippen LogP contribution in [0, 0.1) is 5.82 Å². The average molecular weight is 241 g/mol. The zero-order chi connectivity index (χ0) is 12.5. The number of hydrogen-bond acceptors (Lipinski definition) is 3. The van der Waals surface area contributed by atoms with E-state index in [-0.39, 0.29) is 10.9 Å². The SMILES string of the molecule is O=c1c2cc(F)ccc2ncn1-c1cccnc1. The number of nitrogens with zero attached hydrogens (tertiary/aromatic N) is 3. The topological polar surface area (TPSA) is 47.8 Å². The summed E-state index contributed by atoms with van der Waals surface area (Å²) >= 11 is 0. The Kier molecular flexibility index (Phi) is 2.37. The Balaban J connectivity index is 2.33. The van der Waals surface area contributed by atoms with Crippen LogP contribution in [0.5, 0.6) is 0 Å². The Morgan fingerprint density at radius 3 is 2.89 bits per heavy atom. The number of hydrogen-bond donors (Lipinski definition) is 0. The summed E-state index contributed by atoms with van der Waals surface area (Å²) in [5.74, 6) is -0.453. The van der Waals surface area contributed by atoms with Gasteiger partial charge in [0.2, 0.25) is 0 Å². The zero-order valence-corrected chi connectivity index (χ0v) is 9.25. The van der Waals surface area contributed by atoms with Crippen molar-refractivity contribution in [3.8, 4) is 5.69 Å². The maximum Gasteiger partial charge on any atom is 0.265 e. The second-order valence-corrected chi connectivity index (χ2v) is 3.79. The molecule has 2 aromatic heterocycles. The molecule has 0 aliphatic carbocycles. The van der Waals surface area contributed by atoms with Crippen LogP contribution in [-0.2, 0) is 0 Å². The van der Waals surface area contributed by atoms with Crippen LogP contribution in [0.1, 0.15) is 0 Å². The highest BCUT2D eigenvalue weighted by Gasteiger charge is 2.06. The molecule has 0 aliphatic rings. The molecule has 0 unspecified atom stereocenters. The summed E-state index contributed by atoms with van der Waals surface area (Å²) < 4.78 is 14.5. The number of rotatable bonds is 1. The summed E-state index contributed by atoms with van der Waals surface area (Å²) in [6.45, 7) is 0. The lowest BCUT2D eigenvalue weighted by molar-refractivity contribution is 0.629. The summed E-state index contributed by atoms with van der Waals surface area (Å²) in [6.07, 6.45) is 4.58. The van der Waals surface area contributed by atoms with Crippen molar-refractivity contribution in [1.29, 1.82) is 0 Å². The van der Waals surface area contributed by atoms with E-state index >= 15 is 0 Å². The first-order valence-corrected chi connectivity index (χ1v) is 5.33. The van der Waals surface area contributed by atoms with Gasteiger partial charge in [-0.2, -0.15) is 0 Å². The van der Waals surface area contributed by atoms with E-state index in [9.17, 15) is 9.18 Å². The van der Waals surface area contributed by atoms with Crippen molar-refractivity contribution in [3.63, 3.8) is 0 Å². The molecule has 0 spiro atoms. The molecule has 0 saturated heterocycles. The average Bonchev–Trinajstić information content (AvgIpc) is 2.41. The first-order valence-electron chi connectivity index (χ1n) is 5.33. The van der Waals surface area contributed by atoms with E-state index in [2.05, 4.69) is 9.97 Å². The van der Waals surface area contributed by atoms with Crippen molar-refractivity contribution >= 4 is 10.9 Å². The van der Waals surface area contributed by atoms with Crippen molar-refractivity contribution < 1.29 is 4.39 Å². The fourth-order valence-electron chi connectivity index (χ4n) is 1.77. The quantitative estimate of drug-likeness (QED) is 0.654. The van der Waals surface area contributed by atoms with E-state index in [4.69, 9.17) is 0 Å². The van der Waals surface area contributed by atoms with E-state index < -0.39 is 5.82 Å². The van der Waals surface area contributed by atoms with Crippen LogP contribution >= 0.6 is 0 Å². The zero-order valence-electron chi connectivity index (χ0n) is 9.25. The van der Waals surface area contributed by atoms with Crippen LogP contribution in [0.3, 0.4) is 0 Å². The minimum atomic E-state index is -0.453. The van der Waals surface area contributed by atoms with Gasteiger partial charge in [0.15, 0.2) is 0 Å². The summed E-state index contributed by atoms with van der Waals surface area (Å²) in [6, 6.07) is 7.42. The van der Waals surface area contributed by atoms with Gasteiger partial charge in [-0.05, 0) is 30.3 Å². The predicted octanol–water partition coefficient (Wildman–Crippen LogP) is 1.92. The molecule has 0 radical (unpaired) electrons. The smallest absolute Gasteiger partial charge is 0.265 e. The molecule has 0 fully saturated rings. The Hall–Kier alpha value is -2.56. The maximum atomic E-state index is 13.2. The monoisotopic (exact) mass is 241 g/mol. The third-order valence-electron chi connectivity index (χ3n) is 2.64. The van der Waals surface area contributed by atoms with Gasteiger partial charge >= 0.3 is 0 Å². The van der Waals surface area contributed by atoms with Crippen LogP contribution in [-0.4, -0.2) is 14.5 Å². The highest BCUT2D eigenvalue weighted by atomic mass is 19.1. The van der Waals surface area contributed by atoms with E-state index in [0.717, 1.165) is 0 Å². The fraction of sp³-hybridized carbons (Fsp3) is 0. The second-order valence-electron chi connectivity index (χ2n) is 3.79. The molecule has 2 heterocycles. The largest absolute Gasteiger partial charge is 0.268 e. The second kappa shape index (κ2) is 4.03. The first-order chi connectivity index (χ1) is 8.75. The molecular formula is C13H8FN3O. The lowest BCUT2D eigenvalue weighted by Crippen LogP contribution is -2.19. The maximum absolute atomic E-state index is 13.2. The van der Waals surface area contributed by atoms with Crippen molar-refractivity contribution in [3.05, 3.63) is 65.2 Å². The number of pyridine rings is 1. The van der Waals surface area contributed by atoms with Crippen LogP contribution in [0.4, 0.5) is 4.39 Å². The van der Waals surface area contributed by atoms with Crippen LogP contribution in [0.2, 0.25) is 0 Å². The van der Waals surface area contributed by atoms with Gasteiger partial charge in [0.1, 0.15) is 12.1 Å². The summed E-state index contributed by atoms with van der Waals surface area (Å²) in [4.78, 5) is 20.3. The number of aromatic nitrogens is 3. The first kappa shape index (κ1) is 10.6. The predicted molar refractivity (Wildman–Crippen MR) is 65.1 cm³/mol.